The van der Waals surface area contributed by atoms with Gasteiger partial charge < -0.3 is 18.9 Å². The summed E-state index contributed by atoms with van der Waals surface area (Å²) in [7, 11) is 1.65. The average Bonchev–Trinajstić information content (AvgIpc) is 3.08. The molecule has 51 heavy (non-hydrogen) atoms. The van der Waals surface area contributed by atoms with E-state index in [1.807, 2.05) is 21.1 Å². The molecule has 9 heteroatoms. The normalized spacial score (nSPS) is 14.2. The highest BCUT2D eigenvalue weighted by Gasteiger charge is 2.26. The van der Waals surface area contributed by atoms with Crippen molar-refractivity contribution < 1.29 is 37.3 Å². The first-order chi connectivity index (χ1) is 24.6. The number of ether oxygens (including phenoxy) is 2. The maximum atomic E-state index is 12.7. The lowest BCUT2D eigenvalue weighted by molar-refractivity contribution is -0.870. The maximum Gasteiger partial charge on any atom is 0.472 e. The van der Waals surface area contributed by atoms with Crippen molar-refractivity contribution in [2.45, 2.75) is 174 Å². The molecule has 1 N–H and O–H groups in total. The van der Waals surface area contributed by atoms with E-state index < -0.39 is 13.9 Å². The number of likely N-dealkylation sites (N-methyl/N-ethyl adjacent to an activating group) is 1. The fourth-order valence-electron chi connectivity index (χ4n) is 5.39. The second kappa shape index (κ2) is 35.7. The van der Waals surface area contributed by atoms with Crippen molar-refractivity contribution in [3.05, 3.63) is 36.5 Å². The van der Waals surface area contributed by atoms with E-state index in [2.05, 4.69) is 50.3 Å². The summed E-state index contributed by atoms with van der Waals surface area (Å²) in [5.74, 6) is -0.325. The topological polar surface area (TPSA) is 91.3 Å². The quantitative estimate of drug-likeness (QED) is 0.0221. The summed E-state index contributed by atoms with van der Waals surface area (Å²) in [6, 6.07) is 0. The van der Waals surface area contributed by atoms with Gasteiger partial charge in [-0.15, -0.1) is 0 Å². The number of phosphoric acid groups is 1. The minimum Gasteiger partial charge on any atom is -0.457 e. The Morgan fingerprint density at radius 2 is 1.10 bits per heavy atom. The molecule has 0 aliphatic carbocycles. The molecule has 0 saturated carbocycles. The Hall–Kier alpha value is -1.28. The Balaban J connectivity index is 4.27. The molecule has 0 radical (unpaired) electrons. The van der Waals surface area contributed by atoms with E-state index in [9.17, 15) is 14.3 Å². The predicted molar refractivity (Wildman–Crippen MR) is 215 cm³/mol. The molecule has 300 valence electrons. The number of esters is 1. The summed E-state index contributed by atoms with van der Waals surface area (Å²) < 4.78 is 34.9. The van der Waals surface area contributed by atoms with Crippen LogP contribution in [0.15, 0.2) is 36.5 Å². The van der Waals surface area contributed by atoms with Crippen LogP contribution in [0.1, 0.15) is 168 Å². The molecule has 0 amide bonds. The van der Waals surface area contributed by atoms with Crippen LogP contribution in [0.25, 0.3) is 0 Å². The van der Waals surface area contributed by atoms with E-state index >= 15 is 0 Å². The highest BCUT2D eigenvalue weighted by Crippen LogP contribution is 2.43. The highest BCUT2D eigenvalue weighted by molar-refractivity contribution is 7.47. The molecule has 0 heterocycles. The third-order valence-corrected chi connectivity index (χ3v) is 9.66. The van der Waals surface area contributed by atoms with Gasteiger partial charge in [-0.25, -0.2) is 4.57 Å². The van der Waals surface area contributed by atoms with E-state index in [-0.39, 0.29) is 25.8 Å². The molecule has 0 fully saturated rings. The van der Waals surface area contributed by atoms with Gasteiger partial charge in [0.2, 0.25) is 0 Å². The average molecular weight is 743 g/mol. The van der Waals surface area contributed by atoms with Crippen LogP contribution in [0.3, 0.4) is 0 Å². The minimum absolute atomic E-state index is 0.0854. The summed E-state index contributed by atoms with van der Waals surface area (Å²) in [4.78, 5) is 22.8. The molecule has 0 aliphatic heterocycles. The second-order valence-corrected chi connectivity index (χ2v) is 16.5. The molecule has 2 unspecified atom stereocenters. The Labute approximate surface area is 315 Å². The molecule has 0 aromatic heterocycles. The predicted octanol–water partition coefficient (Wildman–Crippen LogP) is 11.8. The Kier molecular flexibility index (Phi) is 34.8. The van der Waals surface area contributed by atoms with Gasteiger partial charge in [0.25, 0.3) is 0 Å². The summed E-state index contributed by atoms with van der Waals surface area (Å²) in [5, 5.41) is 0. The first-order valence-corrected chi connectivity index (χ1v) is 22.2. The van der Waals surface area contributed by atoms with Crippen LogP contribution in [0.5, 0.6) is 0 Å². The molecule has 8 nitrogen and oxygen atoms in total. The van der Waals surface area contributed by atoms with E-state index in [4.69, 9.17) is 18.5 Å². The fourth-order valence-corrected chi connectivity index (χ4v) is 6.13. The number of quaternary nitrogens is 1. The summed E-state index contributed by atoms with van der Waals surface area (Å²) >= 11 is 0. The van der Waals surface area contributed by atoms with Crippen LogP contribution < -0.4 is 0 Å². The lowest BCUT2D eigenvalue weighted by Crippen LogP contribution is -2.37. The third-order valence-electron chi connectivity index (χ3n) is 8.67. The van der Waals surface area contributed by atoms with Gasteiger partial charge >= 0.3 is 13.8 Å². The number of rotatable bonds is 38. The SMILES string of the molecule is CCCC/C=C\CCCCCCCCOCC(COP(=O)(O)OCC[N+](C)(C)C)OC(=O)CCCCCCCCC/C=C\C/C=C\CCCCC. The van der Waals surface area contributed by atoms with Crippen LogP contribution in [-0.4, -0.2) is 75.6 Å². The molecule has 0 aromatic carbocycles. The first-order valence-electron chi connectivity index (χ1n) is 20.7. The standard InChI is InChI=1S/C42H80NO7P/c1-6-8-10-12-14-16-18-20-21-22-23-24-25-27-29-31-33-35-42(44)50-41(40-49-51(45,46)48-38-36-43(3,4)5)39-47-37-34-32-30-28-26-19-17-15-13-11-9-7-2/h13-16,20-21,41H,6-12,17-19,22-40H2,1-5H3/p+1/b15-13-,16-14-,21-20-. The van der Waals surface area contributed by atoms with Crippen LogP contribution in [0.4, 0.5) is 0 Å². The Morgan fingerprint density at radius 3 is 1.67 bits per heavy atom. The number of hydrogen-bond donors (Lipinski definition) is 1. The van der Waals surface area contributed by atoms with Crippen molar-refractivity contribution in [1.29, 1.82) is 0 Å². The first kappa shape index (κ1) is 49.7. The van der Waals surface area contributed by atoms with Crippen LogP contribution in [0.2, 0.25) is 0 Å². The van der Waals surface area contributed by atoms with Gasteiger partial charge in [-0.1, -0.05) is 134 Å². The van der Waals surface area contributed by atoms with Crippen molar-refractivity contribution in [3.63, 3.8) is 0 Å². The number of carbonyl (C=O) groups is 1. The van der Waals surface area contributed by atoms with Gasteiger partial charge in [0.1, 0.15) is 19.3 Å². The minimum atomic E-state index is -4.27. The number of unbranched alkanes of at least 4 members (excludes halogenated alkanes) is 18. The summed E-state index contributed by atoms with van der Waals surface area (Å²) in [6.45, 7) is 5.54. The largest absolute Gasteiger partial charge is 0.472 e. The number of allylic oxidation sites excluding steroid dienone is 6. The van der Waals surface area contributed by atoms with Crippen molar-refractivity contribution in [1.82, 2.24) is 0 Å². The van der Waals surface area contributed by atoms with Gasteiger partial charge in [-0.2, -0.15) is 0 Å². The second-order valence-electron chi connectivity index (χ2n) is 15.0. The maximum absolute atomic E-state index is 12.7. The molecule has 2 atom stereocenters. The zero-order valence-corrected chi connectivity index (χ0v) is 34.7. The van der Waals surface area contributed by atoms with Crippen molar-refractivity contribution >= 4 is 13.8 Å². The van der Waals surface area contributed by atoms with Crippen molar-refractivity contribution in [2.24, 2.45) is 0 Å². The smallest absolute Gasteiger partial charge is 0.457 e. The fraction of sp³-hybridized carbons (Fsp3) is 0.833. The van der Waals surface area contributed by atoms with E-state index in [0.29, 0.717) is 24.1 Å². The lowest BCUT2D eigenvalue weighted by atomic mass is 10.1. The van der Waals surface area contributed by atoms with Gasteiger partial charge in [0, 0.05) is 13.0 Å². The molecule has 0 aliphatic rings. The van der Waals surface area contributed by atoms with Gasteiger partial charge in [0.05, 0.1) is 34.4 Å². The monoisotopic (exact) mass is 743 g/mol. The van der Waals surface area contributed by atoms with Crippen molar-refractivity contribution in [2.75, 3.05) is 54.1 Å². The summed E-state index contributed by atoms with van der Waals surface area (Å²) in [5.41, 5.74) is 0. The number of phosphoric ester groups is 1. The Morgan fingerprint density at radius 1 is 0.608 bits per heavy atom. The van der Waals surface area contributed by atoms with Gasteiger partial charge in [-0.05, 0) is 64.2 Å². The van der Waals surface area contributed by atoms with E-state index in [0.717, 1.165) is 44.9 Å². The number of carbonyl (C=O) groups excluding carboxylic acids is 1. The van der Waals surface area contributed by atoms with Crippen LogP contribution >= 0.6 is 7.82 Å². The molecule has 0 bridgehead atoms. The zero-order chi connectivity index (χ0) is 37.7. The zero-order valence-electron chi connectivity index (χ0n) is 33.8. The van der Waals surface area contributed by atoms with E-state index in [1.54, 1.807) is 0 Å². The number of hydrogen-bond acceptors (Lipinski definition) is 6. The molecular formula is C42H81NO7P+. The molecule has 0 aromatic rings. The molecular weight excluding hydrogens is 661 g/mol. The molecule has 0 saturated heterocycles. The lowest BCUT2D eigenvalue weighted by Gasteiger charge is -2.24. The molecule has 0 spiro atoms. The third kappa shape index (κ3) is 39.8. The highest BCUT2D eigenvalue weighted by atomic mass is 31.2. The number of nitrogens with zero attached hydrogens (tertiary/aromatic N) is 1. The van der Waals surface area contributed by atoms with Crippen LogP contribution in [-0.2, 0) is 27.9 Å². The van der Waals surface area contributed by atoms with Gasteiger partial charge in [-0.3, -0.25) is 13.8 Å². The Bertz CT molecular complexity index is 915. The van der Waals surface area contributed by atoms with Crippen molar-refractivity contribution in [3.8, 4) is 0 Å². The van der Waals surface area contributed by atoms with Gasteiger partial charge in [0.15, 0.2) is 0 Å². The summed E-state index contributed by atoms with van der Waals surface area (Å²) in [6.07, 6.45) is 40.2. The molecule has 0 rings (SSSR count). The van der Waals surface area contributed by atoms with E-state index in [1.165, 1.54) is 103 Å². The van der Waals surface area contributed by atoms with Crippen LogP contribution in [0, 0.1) is 0 Å².